The molecule has 0 atom stereocenters. The highest BCUT2D eigenvalue weighted by Gasteiger charge is 1.96. The molecule has 0 unspecified atom stereocenters. The lowest BCUT2D eigenvalue weighted by Gasteiger charge is -2.03. The Morgan fingerprint density at radius 1 is 1.23 bits per heavy atom. The van der Waals surface area contributed by atoms with Crippen LogP contribution in [0, 0.1) is 5.92 Å². The Morgan fingerprint density at radius 3 is 2.08 bits per heavy atom. The quantitative estimate of drug-likeness (QED) is 0.689. The Balaban J connectivity index is 0. The summed E-state index contributed by atoms with van der Waals surface area (Å²) in [5.74, 6) is 1.03. The average Bonchev–Trinajstić information content (AvgIpc) is 2.12. The van der Waals surface area contributed by atoms with E-state index in [-0.39, 0.29) is 1.43 Å². The predicted molar refractivity (Wildman–Crippen MR) is 60.0 cm³/mol. The molecule has 0 saturated heterocycles. The molecular formula is C12H20O. The zero-order valence-electron chi connectivity index (χ0n) is 8.46. The number of hydrogen-bond acceptors (Lipinski definition) is 1. The standard InChI is InChI=1S/C10H14O.C2H4.H2/c1-8(2)7-9-3-5-10(11)6-4-9;1-2;/h3-6,8,11H,7H2,1-2H3;1-2H2;1H. The SMILES string of the molecule is C=C.CC(C)Cc1ccc(O)cc1.[HH]. The zero-order chi connectivity index (χ0) is 10.3. The van der Waals surface area contributed by atoms with Gasteiger partial charge in [-0.15, -0.1) is 13.2 Å². The Kier molecular flexibility index (Phi) is 5.69. The third kappa shape index (κ3) is 5.07. The zero-order valence-corrected chi connectivity index (χ0v) is 8.46. The molecule has 0 heterocycles. The lowest BCUT2D eigenvalue weighted by atomic mass is 10.0. The van der Waals surface area contributed by atoms with E-state index in [1.807, 2.05) is 12.1 Å². The van der Waals surface area contributed by atoms with Crippen LogP contribution in [0.15, 0.2) is 37.4 Å². The van der Waals surface area contributed by atoms with Gasteiger partial charge in [-0.25, -0.2) is 0 Å². The number of rotatable bonds is 2. The van der Waals surface area contributed by atoms with Gasteiger partial charge in [0.15, 0.2) is 0 Å². The van der Waals surface area contributed by atoms with Crippen LogP contribution in [0.5, 0.6) is 5.75 Å². The molecule has 1 nitrogen and oxygen atoms in total. The fraction of sp³-hybridized carbons (Fsp3) is 0.333. The average molecular weight is 180 g/mol. The highest BCUT2D eigenvalue weighted by atomic mass is 16.3. The van der Waals surface area contributed by atoms with Gasteiger partial charge in [0.2, 0.25) is 0 Å². The molecule has 0 aromatic heterocycles. The van der Waals surface area contributed by atoms with Crippen molar-refractivity contribution < 1.29 is 6.53 Å². The molecule has 0 aliphatic carbocycles. The fourth-order valence-electron chi connectivity index (χ4n) is 1.10. The van der Waals surface area contributed by atoms with E-state index in [0.29, 0.717) is 11.7 Å². The van der Waals surface area contributed by atoms with Crippen LogP contribution in [0.1, 0.15) is 20.8 Å². The van der Waals surface area contributed by atoms with Gasteiger partial charge in [0.1, 0.15) is 5.75 Å². The number of hydrogen-bond donors (Lipinski definition) is 1. The van der Waals surface area contributed by atoms with Crippen molar-refractivity contribution in [3.8, 4) is 5.75 Å². The van der Waals surface area contributed by atoms with Crippen LogP contribution < -0.4 is 0 Å². The van der Waals surface area contributed by atoms with E-state index in [1.54, 1.807) is 12.1 Å². The molecule has 0 aliphatic heterocycles. The number of phenolic OH excluding ortho intramolecular Hbond substituents is 1. The second-order valence-corrected chi connectivity index (χ2v) is 3.26. The molecule has 1 N–H and O–H groups in total. The van der Waals surface area contributed by atoms with Crippen molar-refractivity contribution in [2.24, 2.45) is 5.92 Å². The molecular weight excluding hydrogens is 160 g/mol. The number of aromatic hydroxyl groups is 1. The summed E-state index contributed by atoms with van der Waals surface area (Å²) >= 11 is 0. The normalized spacial score (nSPS) is 9.15. The molecule has 0 fully saturated rings. The summed E-state index contributed by atoms with van der Waals surface area (Å²) < 4.78 is 0. The van der Waals surface area contributed by atoms with Crippen LogP contribution >= 0.6 is 0 Å². The lowest BCUT2D eigenvalue weighted by molar-refractivity contribution is 0.475. The van der Waals surface area contributed by atoms with Crippen LogP contribution in [0.2, 0.25) is 0 Å². The Bertz CT molecular complexity index is 229. The van der Waals surface area contributed by atoms with Crippen LogP contribution in [0.25, 0.3) is 0 Å². The number of benzene rings is 1. The van der Waals surface area contributed by atoms with Crippen LogP contribution in [-0.2, 0) is 6.42 Å². The molecule has 0 bridgehead atoms. The summed E-state index contributed by atoms with van der Waals surface area (Å²) in [6.45, 7) is 10.4. The summed E-state index contributed by atoms with van der Waals surface area (Å²) in [5, 5.41) is 8.99. The first kappa shape index (κ1) is 11.8. The maximum absolute atomic E-state index is 8.99. The maximum atomic E-state index is 8.99. The Labute approximate surface area is 82.2 Å². The van der Waals surface area contributed by atoms with Crippen molar-refractivity contribution in [1.82, 2.24) is 0 Å². The van der Waals surface area contributed by atoms with Gasteiger partial charge < -0.3 is 5.11 Å². The van der Waals surface area contributed by atoms with Crippen LogP contribution in [0.4, 0.5) is 0 Å². The van der Waals surface area contributed by atoms with E-state index in [0.717, 1.165) is 6.42 Å². The molecule has 13 heavy (non-hydrogen) atoms. The monoisotopic (exact) mass is 180 g/mol. The molecule has 0 saturated carbocycles. The first-order chi connectivity index (χ1) is 6.18. The lowest BCUT2D eigenvalue weighted by Crippen LogP contribution is -1.92. The third-order valence-corrected chi connectivity index (χ3v) is 1.58. The molecule has 1 heteroatoms. The van der Waals surface area contributed by atoms with E-state index in [1.165, 1.54) is 5.56 Å². The summed E-state index contributed by atoms with van der Waals surface area (Å²) in [5.41, 5.74) is 1.29. The topological polar surface area (TPSA) is 20.2 Å². The van der Waals surface area contributed by atoms with Gasteiger partial charge in [-0.3, -0.25) is 0 Å². The van der Waals surface area contributed by atoms with Gasteiger partial charge in [-0.1, -0.05) is 26.0 Å². The van der Waals surface area contributed by atoms with Crippen molar-refractivity contribution in [3.63, 3.8) is 0 Å². The fourth-order valence-corrected chi connectivity index (χ4v) is 1.10. The van der Waals surface area contributed by atoms with E-state index < -0.39 is 0 Å². The second-order valence-electron chi connectivity index (χ2n) is 3.26. The summed E-state index contributed by atoms with van der Waals surface area (Å²) in [4.78, 5) is 0. The van der Waals surface area contributed by atoms with E-state index in [9.17, 15) is 0 Å². The van der Waals surface area contributed by atoms with E-state index in [2.05, 4.69) is 27.0 Å². The minimum Gasteiger partial charge on any atom is -0.508 e. The predicted octanol–water partition coefficient (Wildman–Crippen LogP) is 3.64. The molecule has 0 spiro atoms. The van der Waals surface area contributed by atoms with Gasteiger partial charge in [-0.2, -0.15) is 0 Å². The molecule has 74 valence electrons. The van der Waals surface area contributed by atoms with Gasteiger partial charge in [-0.05, 0) is 30.0 Å². The molecule has 1 aromatic carbocycles. The summed E-state index contributed by atoms with van der Waals surface area (Å²) in [6.07, 6.45) is 1.08. The van der Waals surface area contributed by atoms with Crippen molar-refractivity contribution in [3.05, 3.63) is 43.0 Å². The van der Waals surface area contributed by atoms with Gasteiger partial charge >= 0.3 is 0 Å². The van der Waals surface area contributed by atoms with Crippen molar-refractivity contribution >= 4 is 0 Å². The minimum atomic E-state index is 0. The van der Waals surface area contributed by atoms with Crippen molar-refractivity contribution in [2.45, 2.75) is 20.3 Å². The van der Waals surface area contributed by atoms with Gasteiger partial charge in [0, 0.05) is 1.43 Å². The molecule has 1 aromatic rings. The van der Waals surface area contributed by atoms with Crippen molar-refractivity contribution in [2.75, 3.05) is 0 Å². The maximum Gasteiger partial charge on any atom is 0.115 e. The first-order valence-electron chi connectivity index (χ1n) is 4.46. The Hall–Kier alpha value is -1.24. The minimum absolute atomic E-state index is 0. The van der Waals surface area contributed by atoms with E-state index >= 15 is 0 Å². The molecule has 1 rings (SSSR count). The molecule has 0 radical (unpaired) electrons. The highest BCUT2D eigenvalue weighted by molar-refractivity contribution is 5.25. The van der Waals surface area contributed by atoms with E-state index in [4.69, 9.17) is 5.11 Å². The van der Waals surface area contributed by atoms with Crippen molar-refractivity contribution in [1.29, 1.82) is 0 Å². The third-order valence-electron chi connectivity index (χ3n) is 1.58. The van der Waals surface area contributed by atoms with Crippen LogP contribution in [0.3, 0.4) is 0 Å². The number of phenols is 1. The Morgan fingerprint density at radius 2 is 1.69 bits per heavy atom. The molecule has 0 aliphatic rings. The summed E-state index contributed by atoms with van der Waals surface area (Å²) in [6, 6.07) is 7.40. The second kappa shape index (κ2) is 6.30. The smallest absolute Gasteiger partial charge is 0.115 e. The van der Waals surface area contributed by atoms with Gasteiger partial charge in [0.05, 0.1) is 0 Å². The highest BCUT2D eigenvalue weighted by Crippen LogP contribution is 2.12. The molecule has 0 amide bonds. The first-order valence-corrected chi connectivity index (χ1v) is 4.46. The largest absolute Gasteiger partial charge is 0.508 e. The van der Waals surface area contributed by atoms with Crippen LogP contribution in [-0.4, -0.2) is 5.11 Å². The van der Waals surface area contributed by atoms with Gasteiger partial charge in [0.25, 0.3) is 0 Å². The summed E-state index contributed by atoms with van der Waals surface area (Å²) in [7, 11) is 0.